The molecule has 0 fully saturated rings. The fraction of sp³-hybridized carbons (Fsp3) is 0.167. The van der Waals surface area contributed by atoms with E-state index in [-0.39, 0.29) is 0 Å². The van der Waals surface area contributed by atoms with E-state index in [0.29, 0.717) is 17.4 Å². The van der Waals surface area contributed by atoms with Crippen LogP contribution in [0.4, 0.5) is 0 Å². The Balaban J connectivity index is 2.49. The van der Waals surface area contributed by atoms with Crippen LogP contribution in [0.2, 0.25) is 5.02 Å². The molecule has 0 saturated heterocycles. The summed E-state index contributed by atoms with van der Waals surface area (Å²) in [5, 5.41) is 0.667. The highest BCUT2D eigenvalue weighted by Gasteiger charge is 2.06. The first-order valence-corrected chi connectivity index (χ1v) is 6.27. The fourth-order valence-electron chi connectivity index (χ4n) is 1.46. The van der Waals surface area contributed by atoms with Crippen LogP contribution in [0.15, 0.2) is 28.9 Å². The Morgan fingerprint density at radius 3 is 2.82 bits per heavy atom. The Bertz CT molecular complexity index is 557. The van der Waals surface area contributed by atoms with Crippen molar-refractivity contribution >= 4 is 27.5 Å². The molecular formula is C12H11BrClN3. The van der Waals surface area contributed by atoms with Gasteiger partial charge in [0.05, 0.1) is 10.7 Å². The van der Waals surface area contributed by atoms with E-state index >= 15 is 0 Å². The molecule has 0 aliphatic rings. The molecule has 0 aliphatic carbocycles. The van der Waals surface area contributed by atoms with Crippen LogP contribution in [-0.4, -0.2) is 9.97 Å². The molecule has 17 heavy (non-hydrogen) atoms. The Kier molecular flexibility index (Phi) is 3.76. The molecule has 2 aromatic rings. The van der Waals surface area contributed by atoms with E-state index in [0.717, 1.165) is 21.3 Å². The first-order valence-electron chi connectivity index (χ1n) is 5.10. The van der Waals surface area contributed by atoms with Crippen LogP contribution < -0.4 is 5.73 Å². The molecule has 88 valence electrons. The first-order chi connectivity index (χ1) is 8.11. The van der Waals surface area contributed by atoms with E-state index in [9.17, 15) is 0 Å². The summed E-state index contributed by atoms with van der Waals surface area (Å²) in [6.45, 7) is 2.36. The van der Waals surface area contributed by atoms with Crippen molar-refractivity contribution in [2.24, 2.45) is 5.73 Å². The lowest BCUT2D eigenvalue weighted by molar-refractivity contribution is 0.945. The van der Waals surface area contributed by atoms with Gasteiger partial charge in [0.2, 0.25) is 0 Å². The summed E-state index contributed by atoms with van der Waals surface area (Å²) < 4.78 is 0.829. The number of halogens is 2. The van der Waals surface area contributed by atoms with Gasteiger partial charge in [-0.1, -0.05) is 11.6 Å². The average molecular weight is 313 g/mol. The Morgan fingerprint density at radius 1 is 1.41 bits per heavy atom. The molecule has 5 heteroatoms. The van der Waals surface area contributed by atoms with Gasteiger partial charge < -0.3 is 5.73 Å². The summed E-state index contributed by atoms with van der Waals surface area (Å²) in [5.74, 6) is 0.661. The van der Waals surface area contributed by atoms with E-state index in [4.69, 9.17) is 17.3 Å². The molecule has 0 amide bonds. The molecule has 3 nitrogen and oxygen atoms in total. The standard InChI is InChI=1S/C12H11BrClN3/c1-7-6-16-12(17-11(7)5-15)8-2-3-10(14)9(13)4-8/h2-4,6H,5,15H2,1H3. The van der Waals surface area contributed by atoms with Gasteiger partial charge in [0.1, 0.15) is 0 Å². The number of nitrogens with zero attached hydrogens (tertiary/aromatic N) is 2. The predicted octanol–water partition coefficient (Wildman–Crippen LogP) is 3.33. The van der Waals surface area contributed by atoms with Crippen molar-refractivity contribution in [2.75, 3.05) is 0 Å². The number of hydrogen-bond acceptors (Lipinski definition) is 3. The van der Waals surface area contributed by atoms with E-state index in [1.54, 1.807) is 6.20 Å². The highest BCUT2D eigenvalue weighted by atomic mass is 79.9. The molecule has 1 heterocycles. The minimum Gasteiger partial charge on any atom is -0.325 e. The quantitative estimate of drug-likeness (QED) is 0.925. The van der Waals surface area contributed by atoms with Crippen LogP contribution in [-0.2, 0) is 6.54 Å². The summed E-state index contributed by atoms with van der Waals surface area (Å²) >= 11 is 9.33. The van der Waals surface area contributed by atoms with Crippen LogP contribution >= 0.6 is 27.5 Å². The second-order valence-electron chi connectivity index (χ2n) is 3.66. The van der Waals surface area contributed by atoms with Gasteiger partial charge in [-0.25, -0.2) is 9.97 Å². The predicted molar refractivity (Wildman–Crippen MR) is 72.8 cm³/mol. The van der Waals surface area contributed by atoms with E-state index in [2.05, 4.69) is 25.9 Å². The Hall–Kier alpha value is -0.970. The maximum absolute atomic E-state index is 5.94. The molecule has 0 bridgehead atoms. The molecule has 0 aliphatic heterocycles. The Morgan fingerprint density at radius 2 is 2.18 bits per heavy atom. The van der Waals surface area contributed by atoms with Crippen molar-refractivity contribution in [3.8, 4) is 11.4 Å². The van der Waals surface area contributed by atoms with E-state index in [1.807, 2.05) is 25.1 Å². The van der Waals surface area contributed by atoms with Gasteiger partial charge in [0, 0.05) is 22.8 Å². The van der Waals surface area contributed by atoms with Crippen LogP contribution in [0.5, 0.6) is 0 Å². The zero-order chi connectivity index (χ0) is 12.4. The maximum Gasteiger partial charge on any atom is 0.159 e. The molecule has 1 aromatic carbocycles. The number of aryl methyl sites for hydroxylation is 1. The van der Waals surface area contributed by atoms with Crippen molar-refractivity contribution in [2.45, 2.75) is 13.5 Å². The minimum absolute atomic E-state index is 0.413. The third-order valence-electron chi connectivity index (χ3n) is 2.45. The van der Waals surface area contributed by atoms with Gasteiger partial charge in [0.15, 0.2) is 5.82 Å². The summed E-state index contributed by atoms with van der Waals surface area (Å²) in [7, 11) is 0. The summed E-state index contributed by atoms with van der Waals surface area (Å²) in [6.07, 6.45) is 1.78. The second kappa shape index (κ2) is 5.12. The number of benzene rings is 1. The van der Waals surface area contributed by atoms with Gasteiger partial charge in [-0.15, -0.1) is 0 Å². The topological polar surface area (TPSA) is 51.8 Å². The second-order valence-corrected chi connectivity index (χ2v) is 4.92. The van der Waals surface area contributed by atoms with Crippen LogP contribution in [0, 0.1) is 6.92 Å². The number of nitrogens with two attached hydrogens (primary N) is 1. The molecule has 0 spiro atoms. The lowest BCUT2D eigenvalue weighted by Crippen LogP contribution is -2.04. The highest BCUT2D eigenvalue weighted by Crippen LogP contribution is 2.27. The molecule has 1 aromatic heterocycles. The normalized spacial score (nSPS) is 10.6. The van der Waals surface area contributed by atoms with E-state index in [1.165, 1.54) is 0 Å². The summed E-state index contributed by atoms with van der Waals surface area (Å²) in [5.41, 5.74) is 8.41. The van der Waals surface area contributed by atoms with Gasteiger partial charge in [-0.2, -0.15) is 0 Å². The number of hydrogen-bond donors (Lipinski definition) is 1. The van der Waals surface area contributed by atoms with Crippen molar-refractivity contribution in [1.29, 1.82) is 0 Å². The highest BCUT2D eigenvalue weighted by molar-refractivity contribution is 9.10. The summed E-state index contributed by atoms with van der Waals surface area (Å²) in [6, 6.07) is 5.59. The summed E-state index contributed by atoms with van der Waals surface area (Å²) in [4.78, 5) is 8.73. The lowest BCUT2D eigenvalue weighted by Gasteiger charge is -2.06. The fourth-order valence-corrected chi connectivity index (χ4v) is 1.95. The first kappa shape index (κ1) is 12.5. The molecule has 0 radical (unpaired) electrons. The van der Waals surface area contributed by atoms with Crippen molar-refractivity contribution in [3.63, 3.8) is 0 Å². The van der Waals surface area contributed by atoms with Gasteiger partial charge in [-0.05, 0) is 46.6 Å². The van der Waals surface area contributed by atoms with Gasteiger partial charge in [0.25, 0.3) is 0 Å². The van der Waals surface area contributed by atoms with E-state index < -0.39 is 0 Å². The number of aromatic nitrogens is 2. The van der Waals surface area contributed by atoms with Crippen LogP contribution in [0.3, 0.4) is 0 Å². The molecule has 0 atom stereocenters. The van der Waals surface area contributed by atoms with Crippen molar-refractivity contribution in [3.05, 3.63) is 45.1 Å². The minimum atomic E-state index is 0.413. The Labute approximate surface area is 113 Å². The van der Waals surface area contributed by atoms with Gasteiger partial charge >= 0.3 is 0 Å². The third-order valence-corrected chi connectivity index (χ3v) is 3.66. The van der Waals surface area contributed by atoms with Crippen molar-refractivity contribution < 1.29 is 0 Å². The zero-order valence-electron chi connectivity index (χ0n) is 9.24. The number of rotatable bonds is 2. The molecule has 0 unspecified atom stereocenters. The SMILES string of the molecule is Cc1cnc(-c2ccc(Cl)c(Br)c2)nc1CN. The zero-order valence-corrected chi connectivity index (χ0v) is 11.6. The third kappa shape index (κ3) is 2.65. The largest absolute Gasteiger partial charge is 0.325 e. The van der Waals surface area contributed by atoms with Crippen molar-refractivity contribution in [1.82, 2.24) is 9.97 Å². The maximum atomic E-state index is 5.94. The molecular weight excluding hydrogens is 302 g/mol. The lowest BCUT2D eigenvalue weighted by atomic mass is 10.2. The molecule has 2 rings (SSSR count). The van der Waals surface area contributed by atoms with Crippen LogP contribution in [0.25, 0.3) is 11.4 Å². The average Bonchev–Trinajstić information content (AvgIpc) is 2.33. The molecule has 0 saturated carbocycles. The van der Waals surface area contributed by atoms with Crippen LogP contribution in [0.1, 0.15) is 11.3 Å². The van der Waals surface area contributed by atoms with Gasteiger partial charge in [-0.3, -0.25) is 0 Å². The monoisotopic (exact) mass is 311 g/mol. The smallest absolute Gasteiger partial charge is 0.159 e. The molecule has 2 N–H and O–H groups in total.